The van der Waals surface area contributed by atoms with Gasteiger partial charge in [0.25, 0.3) is 0 Å². The summed E-state index contributed by atoms with van der Waals surface area (Å²) in [6.45, 7) is 3.74. The van der Waals surface area contributed by atoms with E-state index >= 15 is 0 Å². The first kappa shape index (κ1) is 19.5. The van der Waals surface area contributed by atoms with Crippen LogP contribution in [0.15, 0.2) is 28.3 Å². The highest BCUT2D eigenvalue weighted by atomic mass is 32.2. The highest BCUT2D eigenvalue weighted by molar-refractivity contribution is 7.99. The van der Waals surface area contributed by atoms with Crippen LogP contribution >= 0.6 is 11.8 Å². The predicted octanol–water partition coefficient (Wildman–Crippen LogP) is 1.98. The minimum absolute atomic E-state index is 0.0855. The Morgan fingerprint density at radius 2 is 1.92 bits per heavy atom. The second-order valence-electron chi connectivity index (χ2n) is 5.19. The zero-order valence-corrected chi connectivity index (χ0v) is 16.4. The van der Waals surface area contributed by atoms with Gasteiger partial charge >= 0.3 is 0 Å². The van der Waals surface area contributed by atoms with Crippen molar-refractivity contribution in [1.29, 1.82) is 0 Å². The zero-order valence-electron chi connectivity index (χ0n) is 14.8. The SMILES string of the molecule is CCSc1nnc([C@H](C)NS(=O)(=O)c2ccc(OC)c(OC)c2)n1C. The molecule has 0 saturated heterocycles. The Hall–Kier alpha value is -1.78. The van der Waals surface area contributed by atoms with Gasteiger partial charge in [-0.25, -0.2) is 13.1 Å². The summed E-state index contributed by atoms with van der Waals surface area (Å²) >= 11 is 1.55. The lowest BCUT2D eigenvalue weighted by Crippen LogP contribution is -2.28. The van der Waals surface area contributed by atoms with Crippen molar-refractivity contribution < 1.29 is 17.9 Å². The van der Waals surface area contributed by atoms with Gasteiger partial charge in [-0.3, -0.25) is 0 Å². The molecular weight excluding hydrogens is 364 g/mol. The summed E-state index contributed by atoms with van der Waals surface area (Å²) in [7, 11) is 1.00. The molecule has 138 valence electrons. The standard InChI is InChI=1S/C15H22N4O4S2/c1-6-24-15-17-16-14(19(15)3)10(2)18-25(20,21)11-7-8-12(22-4)13(9-11)23-5/h7-10,18H,6H2,1-5H3/t10-/m0/s1. The molecule has 0 aliphatic carbocycles. The van der Waals surface area contributed by atoms with Gasteiger partial charge in [0.1, 0.15) is 0 Å². The molecule has 0 unspecified atom stereocenters. The molecule has 25 heavy (non-hydrogen) atoms. The molecule has 10 heteroatoms. The van der Waals surface area contributed by atoms with Crippen LogP contribution in [-0.4, -0.2) is 43.2 Å². The fraction of sp³-hybridized carbons (Fsp3) is 0.467. The number of hydrogen-bond acceptors (Lipinski definition) is 7. The first-order chi connectivity index (χ1) is 11.8. The average molecular weight is 386 g/mol. The zero-order chi connectivity index (χ0) is 18.6. The third-order valence-corrected chi connectivity index (χ3v) is 5.97. The van der Waals surface area contributed by atoms with Crippen LogP contribution in [0.3, 0.4) is 0 Å². The summed E-state index contributed by atoms with van der Waals surface area (Å²) in [6, 6.07) is 3.90. The Morgan fingerprint density at radius 1 is 1.24 bits per heavy atom. The molecule has 0 radical (unpaired) electrons. The molecule has 0 fully saturated rings. The van der Waals surface area contributed by atoms with Gasteiger partial charge in [0.05, 0.1) is 25.2 Å². The molecule has 8 nitrogen and oxygen atoms in total. The van der Waals surface area contributed by atoms with Crippen LogP contribution in [0.4, 0.5) is 0 Å². The van der Waals surface area contributed by atoms with Crippen molar-refractivity contribution >= 4 is 21.8 Å². The van der Waals surface area contributed by atoms with E-state index in [1.165, 1.54) is 26.4 Å². The van der Waals surface area contributed by atoms with Crippen molar-refractivity contribution in [3.63, 3.8) is 0 Å². The lowest BCUT2D eigenvalue weighted by molar-refractivity contribution is 0.354. The normalized spacial score (nSPS) is 12.8. The maximum atomic E-state index is 12.7. The van der Waals surface area contributed by atoms with Gasteiger partial charge in [0, 0.05) is 13.1 Å². The number of rotatable bonds is 8. The van der Waals surface area contributed by atoms with E-state index in [9.17, 15) is 8.42 Å². The Morgan fingerprint density at radius 3 is 2.52 bits per heavy atom. The molecule has 0 aliphatic rings. The van der Waals surface area contributed by atoms with Gasteiger partial charge in [-0.1, -0.05) is 18.7 Å². The fourth-order valence-electron chi connectivity index (χ4n) is 2.30. The molecule has 1 aromatic heterocycles. The van der Waals surface area contributed by atoms with Crippen molar-refractivity contribution in [3.05, 3.63) is 24.0 Å². The lowest BCUT2D eigenvalue weighted by atomic mass is 10.3. The van der Waals surface area contributed by atoms with E-state index in [0.717, 1.165) is 10.9 Å². The number of thioether (sulfide) groups is 1. The number of benzene rings is 1. The van der Waals surface area contributed by atoms with E-state index in [4.69, 9.17) is 9.47 Å². The molecule has 1 N–H and O–H groups in total. The average Bonchev–Trinajstić information content (AvgIpc) is 2.95. The van der Waals surface area contributed by atoms with Crippen LogP contribution in [-0.2, 0) is 17.1 Å². The van der Waals surface area contributed by atoms with Crippen molar-refractivity contribution in [3.8, 4) is 11.5 Å². The third-order valence-electron chi connectivity index (χ3n) is 3.53. The number of nitrogens with zero attached hydrogens (tertiary/aromatic N) is 3. The molecular formula is C15H22N4O4S2. The van der Waals surface area contributed by atoms with Crippen LogP contribution in [0.1, 0.15) is 25.7 Å². The molecule has 0 aliphatic heterocycles. The molecule has 0 bridgehead atoms. The number of nitrogens with one attached hydrogen (secondary N) is 1. The van der Waals surface area contributed by atoms with Crippen molar-refractivity contribution in [2.75, 3.05) is 20.0 Å². The predicted molar refractivity (Wildman–Crippen MR) is 95.7 cm³/mol. The first-order valence-electron chi connectivity index (χ1n) is 7.60. The van der Waals surface area contributed by atoms with Crippen molar-refractivity contribution in [1.82, 2.24) is 19.5 Å². The number of ether oxygens (including phenoxy) is 2. The maximum absolute atomic E-state index is 12.7. The van der Waals surface area contributed by atoms with Crippen LogP contribution < -0.4 is 14.2 Å². The number of methoxy groups -OCH3 is 2. The minimum atomic E-state index is -3.76. The summed E-state index contributed by atoms with van der Waals surface area (Å²) in [5.41, 5.74) is 0. The van der Waals surface area contributed by atoms with E-state index < -0.39 is 16.1 Å². The molecule has 2 aromatic rings. The van der Waals surface area contributed by atoms with Crippen molar-refractivity contribution in [2.45, 2.75) is 29.9 Å². The van der Waals surface area contributed by atoms with E-state index in [2.05, 4.69) is 14.9 Å². The second kappa shape index (κ2) is 8.07. The van der Waals surface area contributed by atoms with E-state index in [1.54, 1.807) is 29.3 Å². The van der Waals surface area contributed by atoms with Crippen molar-refractivity contribution in [2.24, 2.45) is 7.05 Å². The molecule has 1 atom stereocenters. The smallest absolute Gasteiger partial charge is 0.241 e. The van der Waals surface area contributed by atoms with E-state index in [1.807, 2.05) is 14.0 Å². The summed E-state index contributed by atoms with van der Waals surface area (Å²) in [4.78, 5) is 0.0855. The minimum Gasteiger partial charge on any atom is -0.493 e. The molecule has 1 aromatic carbocycles. The molecule has 1 heterocycles. The monoisotopic (exact) mass is 386 g/mol. The number of sulfonamides is 1. The molecule has 0 amide bonds. The summed E-state index contributed by atoms with van der Waals surface area (Å²) in [5.74, 6) is 2.21. The topological polar surface area (TPSA) is 95.3 Å². The third kappa shape index (κ3) is 4.25. The quantitative estimate of drug-likeness (QED) is 0.693. The highest BCUT2D eigenvalue weighted by Gasteiger charge is 2.23. The highest BCUT2D eigenvalue weighted by Crippen LogP contribution is 2.30. The van der Waals surface area contributed by atoms with Crippen LogP contribution in [0.5, 0.6) is 11.5 Å². The van der Waals surface area contributed by atoms with Crippen LogP contribution in [0.2, 0.25) is 0 Å². The number of hydrogen-bond donors (Lipinski definition) is 1. The second-order valence-corrected chi connectivity index (χ2v) is 8.14. The molecule has 0 spiro atoms. The van der Waals surface area contributed by atoms with Gasteiger partial charge in [-0.05, 0) is 24.8 Å². The van der Waals surface area contributed by atoms with Gasteiger partial charge in [-0.2, -0.15) is 0 Å². The first-order valence-corrected chi connectivity index (χ1v) is 10.1. The Kier molecular flexibility index (Phi) is 6.31. The van der Waals surface area contributed by atoms with Gasteiger partial charge in [-0.15, -0.1) is 10.2 Å². The molecule has 2 rings (SSSR count). The van der Waals surface area contributed by atoms with Crippen LogP contribution in [0.25, 0.3) is 0 Å². The maximum Gasteiger partial charge on any atom is 0.241 e. The Bertz CT molecular complexity index is 836. The van der Waals surface area contributed by atoms with Crippen LogP contribution in [0, 0.1) is 0 Å². The number of aromatic nitrogens is 3. The Labute approximate surface area is 152 Å². The lowest BCUT2D eigenvalue weighted by Gasteiger charge is -2.15. The van der Waals surface area contributed by atoms with E-state index in [0.29, 0.717) is 17.3 Å². The Balaban J connectivity index is 2.26. The van der Waals surface area contributed by atoms with Gasteiger partial charge < -0.3 is 14.0 Å². The van der Waals surface area contributed by atoms with Gasteiger partial charge in [0.15, 0.2) is 22.5 Å². The fourth-order valence-corrected chi connectivity index (χ4v) is 4.16. The summed E-state index contributed by atoms with van der Waals surface area (Å²) in [5, 5.41) is 8.92. The largest absolute Gasteiger partial charge is 0.493 e. The summed E-state index contributed by atoms with van der Waals surface area (Å²) in [6.07, 6.45) is 0. The van der Waals surface area contributed by atoms with E-state index in [-0.39, 0.29) is 4.90 Å². The van der Waals surface area contributed by atoms with Gasteiger partial charge in [0.2, 0.25) is 10.0 Å². The summed E-state index contributed by atoms with van der Waals surface area (Å²) < 4.78 is 40.0. The molecule has 0 saturated carbocycles.